The third-order valence-corrected chi connectivity index (χ3v) is 10.7. The lowest BCUT2D eigenvalue weighted by Crippen LogP contribution is -2.67. The molecule has 0 aromatic carbocycles. The molecule has 3 heterocycles. The maximum atomic E-state index is 11.4. The minimum absolute atomic E-state index is 0.0245. The van der Waals surface area contributed by atoms with Crippen LogP contribution in [0.5, 0.6) is 0 Å². The third kappa shape index (κ3) is 10.1. The quantitative estimate of drug-likeness (QED) is 0.0505. The molecule has 0 spiro atoms. The van der Waals surface area contributed by atoms with Crippen molar-refractivity contribution in [1.29, 1.82) is 0 Å². The fourth-order valence-electron chi connectivity index (χ4n) is 7.21. The molecule has 18 nitrogen and oxygen atoms in total. The average molecular weight is 757 g/mol. The summed E-state index contributed by atoms with van der Waals surface area (Å²) in [4.78, 5) is 0. The Kier molecular flexibility index (Phi) is 17.0. The summed E-state index contributed by atoms with van der Waals surface area (Å²) in [6.07, 6.45) is -20.6. The molecule has 0 radical (unpaired) electrons. The molecule has 0 bridgehead atoms. The highest BCUT2D eigenvalue weighted by Crippen LogP contribution is 2.38. The zero-order valence-electron chi connectivity index (χ0n) is 29.7. The molecule has 0 aromatic heterocycles. The lowest BCUT2D eigenvalue weighted by molar-refractivity contribution is -0.393. The molecule has 20 atom stereocenters. The van der Waals surface area contributed by atoms with Crippen LogP contribution in [0, 0.1) is 11.8 Å². The molecule has 1 saturated carbocycles. The Bertz CT molecular complexity index is 1050. The molecule has 0 amide bonds. The summed E-state index contributed by atoms with van der Waals surface area (Å²) in [6, 6.07) is 0. The van der Waals surface area contributed by atoms with E-state index in [-0.39, 0.29) is 13.0 Å². The van der Waals surface area contributed by atoms with Crippen molar-refractivity contribution < 1.29 is 89.3 Å². The number of hydrogen-bond acceptors (Lipinski definition) is 18. The Morgan fingerprint density at radius 1 is 0.577 bits per heavy atom. The Labute approximate surface area is 303 Å². The average Bonchev–Trinajstić information content (AvgIpc) is 3.13. The molecular weight excluding hydrogens is 696 g/mol. The second-order valence-corrected chi connectivity index (χ2v) is 14.3. The highest BCUT2D eigenvalue weighted by atomic mass is 16.8. The molecule has 11 N–H and O–H groups in total. The second-order valence-electron chi connectivity index (χ2n) is 14.3. The van der Waals surface area contributed by atoms with Gasteiger partial charge in [-0.2, -0.15) is 0 Å². The van der Waals surface area contributed by atoms with Crippen LogP contribution in [0.2, 0.25) is 0 Å². The van der Waals surface area contributed by atoms with Crippen LogP contribution in [0.4, 0.5) is 0 Å². The van der Waals surface area contributed by atoms with Crippen LogP contribution in [-0.2, 0) is 33.2 Å². The van der Waals surface area contributed by atoms with Gasteiger partial charge in [0.05, 0.1) is 37.6 Å². The normalized spacial score (nSPS) is 47.3. The van der Waals surface area contributed by atoms with Crippen molar-refractivity contribution in [2.45, 2.75) is 163 Å². The molecule has 304 valence electrons. The summed E-state index contributed by atoms with van der Waals surface area (Å²) in [7, 11) is 0. The van der Waals surface area contributed by atoms with Crippen LogP contribution in [0.15, 0.2) is 12.7 Å². The van der Waals surface area contributed by atoms with Crippen LogP contribution in [0.1, 0.15) is 52.4 Å². The van der Waals surface area contributed by atoms with Gasteiger partial charge in [0.25, 0.3) is 0 Å². The molecule has 4 fully saturated rings. The van der Waals surface area contributed by atoms with Crippen LogP contribution in [0.25, 0.3) is 0 Å². The largest absolute Gasteiger partial charge is 0.396 e. The van der Waals surface area contributed by atoms with Crippen LogP contribution in [0.3, 0.4) is 0 Å². The van der Waals surface area contributed by atoms with Crippen molar-refractivity contribution in [3.8, 4) is 0 Å². The summed E-state index contributed by atoms with van der Waals surface area (Å²) >= 11 is 0. The van der Waals surface area contributed by atoms with E-state index < -0.39 is 142 Å². The van der Waals surface area contributed by atoms with Crippen molar-refractivity contribution in [2.75, 3.05) is 26.4 Å². The summed E-state index contributed by atoms with van der Waals surface area (Å²) in [5.74, 6) is -1.55. The lowest BCUT2D eigenvalue weighted by Gasteiger charge is -2.51. The van der Waals surface area contributed by atoms with Crippen LogP contribution in [-0.4, -0.2) is 193 Å². The zero-order chi connectivity index (χ0) is 38.3. The van der Waals surface area contributed by atoms with Gasteiger partial charge in [0.1, 0.15) is 67.1 Å². The molecular formula is C34H60O18. The number of allylic oxidation sites excluding steroid dienone is 1. The zero-order valence-corrected chi connectivity index (χ0v) is 29.7. The van der Waals surface area contributed by atoms with E-state index in [0.29, 0.717) is 6.42 Å². The van der Waals surface area contributed by atoms with Gasteiger partial charge in [-0.1, -0.05) is 25.8 Å². The maximum Gasteiger partial charge on any atom is 0.187 e. The van der Waals surface area contributed by atoms with E-state index in [2.05, 4.69) is 6.58 Å². The highest BCUT2D eigenvalue weighted by molar-refractivity contribution is 4.99. The number of hydrogen-bond donors (Lipinski definition) is 11. The molecule has 3 saturated heterocycles. The molecule has 0 aromatic rings. The molecule has 1 aliphatic carbocycles. The third-order valence-electron chi connectivity index (χ3n) is 10.7. The van der Waals surface area contributed by atoms with E-state index >= 15 is 0 Å². The monoisotopic (exact) mass is 756 g/mol. The van der Waals surface area contributed by atoms with E-state index in [1.165, 1.54) is 6.92 Å². The number of rotatable bonds is 17. The van der Waals surface area contributed by atoms with Gasteiger partial charge in [-0.15, -0.1) is 6.58 Å². The first-order valence-electron chi connectivity index (χ1n) is 18.2. The summed E-state index contributed by atoms with van der Waals surface area (Å²) < 4.78 is 41.6. The van der Waals surface area contributed by atoms with Gasteiger partial charge in [-0.05, 0) is 32.6 Å². The number of aliphatic hydroxyl groups is 11. The topological polar surface area (TPSA) is 287 Å². The first kappa shape index (κ1) is 43.7. The highest BCUT2D eigenvalue weighted by Gasteiger charge is 2.56. The fraction of sp³-hybridized carbons (Fsp3) is 0.941. The van der Waals surface area contributed by atoms with Crippen molar-refractivity contribution >= 4 is 0 Å². The Balaban J connectivity index is 1.59. The molecule has 4 aliphatic rings. The first-order valence-corrected chi connectivity index (χ1v) is 18.2. The predicted molar refractivity (Wildman–Crippen MR) is 176 cm³/mol. The van der Waals surface area contributed by atoms with Crippen molar-refractivity contribution in [2.24, 2.45) is 11.8 Å². The van der Waals surface area contributed by atoms with Crippen molar-refractivity contribution in [1.82, 2.24) is 0 Å². The Morgan fingerprint density at radius 3 is 1.87 bits per heavy atom. The number of unbranched alkanes of at least 4 members (excludes halogenated alkanes) is 4. The lowest BCUT2D eigenvalue weighted by atomic mass is 9.76. The molecule has 18 heteroatoms. The van der Waals surface area contributed by atoms with Gasteiger partial charge < -0.3 is 89.3 Å². The molecule has 8 unspecified atom stereocenters. The summed E-state index contributed by atoms with van der Waals surface area (Å²) in [6.45, 7) is 4.92. The standard InChI is InChI=1S/C34H60O18/c1-4-5-6-7-8-9-10-46-32-28(45)26(43)29(20(14-37)50-32)51-34-31(52-33-27(44)25(42)22(39)16(3)47-33)30(24(41)19(13-36)49-34)48-18-11-17(12-35)23(40)21(38)15(18)2/h4,15-45H,1,5-14H2,2-3H3/t15?,16?,17?,18-,19?,20?,21-,22+,23+,24+,25-,26-,27?,28?,29+,30+,31?,32-,33+,34+/m1/s1. The second kappa shape index (κ2) is 20.3. The van der Waals surface area contributed by atoms with E-state index in [1.807, 2.05) is 6.08 Å². The molecule has 52 heavy (non-hydrogen) atoms. The molecule has 3 aliphatic heterocycles. The first-order chi connectivity index (χ1) is 24.8. The van der Waals surface area contributed by atoms with E-state index in [0.717, 1.165) is 25.7 Å². The van der Waals surface area contributed by atoms with Gasteiger partial charge in [-0.3, -0.25) is 0 Å². The van der Waals surface area contributed by atoms with Crippen molar-refractivity contribution in [3.05, 3.63) is 12.7 Å². The fourth-order valence-corrected chi connectivity index (χ4v) is 7.21. The van der Waals surface area contributed by atoms with Gasteiger partial charge in [0.2, 0.25) is 0 Å². The smallest absolute Gasteiger partial charge is 0.187 e. The maximum absolute atomic E-state index is 11.4. The Morgan fingerprint density at radius 2 is 1.21 bits per heavy atom. The number of aliphatic hydroxyl groups excluding tert-OH is 11. The minimum Gasteiger partial charge on any atom is -0.396 e. The van der Waals surface area contributed by atoms with Gasteiger partial charge in [0, 0.05) is 25.0 Å². The van der Waals surface area contributed by atoms with Gasteiger partial charge >= 0.3 is 0 Å². The van der Waals surface area contributed by atoms with E-state index in [4.69, 9.17) is 33.2 Å². The summed E-state index contributed by atoms with van der Waals surface area (Å²) in [5, 5.41) is 117. The van der Waals surface area contributed by atoms with Gasteiger partial charge in [-0.25, -0.2) is 0 Å². The predicted octanol–water partition coefficient (Wildman–Crippen LogP) is -3.62. The minimum atomic E-state index is -1.83. The van der Waals surface area contributed by atoms with Crippen LogP contribution < -0.4 is 0 Å². The van der Waals surface area contributed by atoms with Crippen LogP contribution >= 0.6 is 0 Å². The summed E-state index contributed by atoms with van der Waals surface area (Å²) in [5.41, 5.74) is 0. The number of ether oxygens (including phenoxy) is 7. The van der Waals surface area contributed by atoms with Gasteiger partial charge in [0.15, 0.2) is 18.9 Å². The Hall–Kier alpha value is -0.980. The van der Waals surface area contributed by atoms with E-state index in [1.54, 1.807) is 6.92 Å². The van der Waals surface area contributed by atoms with E-state index in [9.17, 15) is 56.2 Å². The van der Waals surface area contributed by atoms with Crippen molar-refractivity contribution in [3.63, 3.8) is 0 Å². The molecule has 4 rings (SSSR count). The SMILES string of the molecule is C=CCCCCCCO[C@@H]1OC(CO)[C@H](O[C@@H]2OC(CO)[C@H](O)[C@H](O[C@@H]3CC(CO)[C@H](O)[C@H](O)C3C)C2O[C@@H]2OC(C)[C@H](O)[C@@H](O)C2O)[C@H](O)C1O.